The largest absolute Gasteiger partial charge is 0.487 e. The minimum atomic E-state index is -0.623. The van der Waals surface area contributed by atoms with Gasteiger partial charge in [-0.3, -0.25) is 9.69 Å². The van der Waals surface area contributed by atoms with Gasteiger partial charge in [0.2, 0.25) is 5.91 Å². The van der Waals surface area contributed by atoms with Crippen molar-refractivity contribution in [1.29, 1.82) is 0 Å². The quantitative estimate of drug-likeness (QED) is 0.689. The summed E-state index contributed by atoms with van der Waals surface area (Å²) in [6, 6.07) is 7.51. The third-order valence-corrected chi connectivity index (χ3v) is 7.52. The molecule has 1 aromatic carbocycles. The Hall–Kier alpha value is -3.07. The van der Waals surface area contributed by atoms with Gasteiger partial charge in [-0.05, 0) is 61.8 Å². The van der Waals surface area contributed by atoms with E-state index in [0.29, 0.717) is 49.5 Å². The van der Waals surface area contributed by atoms with Crippen LogP contribution in [-0.2, 0) is 11.3 Å². The van der Waals surface area contributed by atoms with Gasteiger partial charge < -0.3 is 15.4 Å². The predicted molar refractivity (Wildman–Crippen MR) is 125 cm³/mol. The van der Waals surface area contributed by atoms with E-state index in [9.17, 15) is 14.1 Å². The number of carbonyl (C=O) groups excluding carboxylic acids is 1. The number of pyridine rings is 1. The van der Waals surface area contributed by atoms with Crippen molar-refractivity contribution in [3.8, 4) is 5.75 Å². The Morgan fingerprint density at radius 1 is 1.18 bits per heavy atom. The normalized spacial score (nSPS) is 22.7. The van der Waals surface area contributed by atoms with Gasteiger partial charge in [0.05, 0.1) is 0 Å². The monoisotopic (exact) mass is 467 g/mol. The van der Waals surface area contributed by atoms with E-state index in [-0.39, 0.29) is 11.8 Å². The number of nitrogens with zero attached hydrogens (tertiary/aromatic N) is 4. The third-order valence-electron chi connectivity index (χ3n) is 7.52. The van der Waals surface area contributed by atoms with Crippen LogP contribution in [0, 0.1) is 16.6 Å². The molecule has 1 aromatic heterocycles. The molecule has 1 atom stereocenters. The Balaban J connectivity index is 1.15. The lowest BCUT2D eigenvalue weighted by atomic mass is 9.80. The number of nitrogens with two attached hydrogens (primary N) is 1. The number of piperidine rings is 2. The predicted octanol–water partition coefficient (Wildman–Crippen LogP) is 3.67. The molecule has 0 aliphatic carbocycles. The first kappa shape index (κ1) is 22.7. The van der Waals surface area contributed by atoms with Gasteiger partial charge in [0.1, 0.15) is 29.0 Å². The molecule has 2 N–H and O–H groups in total. The van der Waals surface area contributed by atoms with Gasteiger partial charge in [0.15, 0.2) is 0 Å². The van der Waals surface area contributed by atoms with E-state index in [1.165, 1.54) is 12.1 Å². The highest BCUT2D eigenvalue weighted by atomic mass is 19.1. The highest BCUT2D eigenvalue weighted by molar-refractivity contribution is 5.79. The van der Waals surface area contributed by atoms with Crippen LogP contribution in [0.2, 0.25) is 0 Å². The summed E-state index contributed by atoms with van der Waals surface area (Å²) < 4.78 is 19.9. The van der Waals surface area contributed by atoms with Crippen LogP contribution in [0.3, 0.4) is 0 Å². The molecule has 0 saturated carbocycles. The molecule has 5 rings (SSSR count). The van der Waals surface area contributed by atoms with Crippen LogP contribution < -0.4 is 10.5 Å². The molecule has 180 valence electrons. The van der Waals surface area contributed by atoms with E-state index in [1.807, 2.05) is 17.0 Å². The van der Waals surface area contributed by atoms with E-state index < -0.39 is 17.5 Å². The molecule has 1 unspecified atom stereocenters. The second kappa shape index (κ2) is 9.29. The zero-order chi connectivity index (χ0) is 23.7. The minimum absolute atomic E-state index is 0.0353. The average molecular weight is 468 g/mol. The first-order valence-electron chi connectivity index (χ1n) is 12.0. The number of aromatic nitrogens is 1. The average Bonchev–Trinajstić information content (AvgIpc) is 2.84. The van der Waals surface area contributed by atoms with Crippen LogP contribution in [0.1, 0.15) is 49.3 Å². The molecule has 34 heavy (non-hydrogen) atoms. The van der Waals surface area contributed by atoms with Crippen LogP contribution in [0.15, 0.2) is 41.7 Å². The molecule has 3 aliphatic rings. The van der Waals surface area contributed by atoms with Crippen molar-refractivity contribution in [1.82, 2.24) is 14.8 Å². The number of hydrogen-bond donors (Lipinski definition) is 1. The maximum atomic E-state index is 13.7. The van der Waals surface area contributed by atoms with E-state index in [0.717, 1.165) is 38.0 Å². The van der Waals surface area contributed by atoms with Gasteiger partial charge in [-0.15, -0.1) is 0 Å². The maximum Gasteiger partial charge on any atom is 0.225 e. The van der Waals surface area contributed by atoms with Crippen LogP contribution in [-0.4, -0.2) is 52.5 Å². The van der Waals surface area contributed by atoms with Crippen molar-refractivity contribution in [3.05, 3.63) is 58.4 Å². The number of rotatable bonds is 4. The number of fused-ring (bicyclic) bond motifs is 1. The van der Waals surface area contributed by atoms with E-state index in [2.05, 4.69) is 15.1 Å². The highest BCUT2D eigenvalue weighted by Gasteiger charge is 2.45. The molecule has 8 nitrogen and oxygen atoms in total. The Morgan fingerprint density at radius 3 is 2.65 bits per heavy atom. The van der Waals surface area contributed by atoms with Crippen molar-refractivity contribution >= 4 is 11.7 Å². The number of nitroso groups, excluding NO2 is 1. The number of ether oxygens (including phenoxy) is 1. The zero-order valence-corrected chi connectivity index (χ0v) is 19.2. The molecule has 9 heteroatoms. The minimum Gasteiger partial charge on any atom is -0.487 e. The number of hydrogen-bond acceptors (Lipinski definition) is 7. The van der Waals surface area contributed by atoms with E-state index in [1.54, 1.807) is 12.3 Å². The fourth-order valence-corrected chi connectivity index (χ4v) is 5.59. The van der Waals surface area contributed by atoms with Gasteiger partial charge in [-0.1, -0.05) is 5.18 Å². The molecular formula is C25H30FN5O3. The second-order valence-electron chi connectivity index (χ2n) is 9.76. The fourth-order valence-electron chi connectivity index (χ4n) is 5.59. The van der Waals surface area contributed by atoms with Crippen molar-refractivity contribution in [2.24, 2.45) is 11.1 Å². The molecule has 1 amide bonds. The number of amides is 1. The van der Waals surface area contributed by atoms with Crippen molar-refractivity contribution in [3.63, 3.8) is 0 Å². The van der Waals surface area contributed by atoms with Gasteiger partial charge in [0.25, 0.3) is 0 Å². The summed E-state index contributed by atoms with van der Waals surface area (Å²) in [6.45, 7) is 3.75. The summed E-state index contributed by atoms with van der Waals surface area (Å²) in [5, 5.41) is 3.26. The summed E-state index contributed by atoms with van der Waals surface area (Å²) in [5.41, 5.74) is 6.90. The molecular weight excluding hydrogens is 437 g/mol. The lowest BCUT2D eigenvalue weighted by molar-refractivity contribution is -0.141. The fraction of sp³-hybridized carbons (Fsp3) is 0.520. The van der Waals surface area contributed by atoms with Gasteiger partial charge in [-0.2, -0.15) is 4.91 Å². The van der Waals surface area contributed by atoms with Gasteiger partial charge >= 0.3 is 0 Å². The lowest BCUT2D eigenvalue weighted by Gasteiger charge is -2.46. The standard InChI is InChI=1S/C25H30FN5O3/c26-19-1-2-22-20(14-19)21(29-33)15-25(34-22)6-11-31(12-7-25)24(32)18-4-9-30(10-5-18)16-17-3-8-28-23(27)13-17/h1-3,8,13-14,18,21H,4-7,9-12,15-16H2,(H2,27,28). The van der Waals surface area contributed by atoms with Crippen molar-refractivity contribution in [2.75, 3.05) is 31.9 Å². The summed E-state index contributed by atoms with van der Waals surface area (Å²) in [4.78, 5) is 33.1. The number of benzene rings is 1. The second-order valence-corrected chi connectivity index (χ2v) is 9.76. The van der Waals surface area contributed by atoms with Crippen LogP contribution in [0.4, 0.5) is 10.2 Å². The highest BCUT2D eigenvalue weighted by Crippen LogP contribution is 2.46. The number of carbonyl (C=O) groups is 1. The Bertz CT molecular complexity index is 1060. The maximum absolute atomic E-state index is 13.7. The molecule has 3 aliphatic heterocycles. The van der Waals surface area contributed by atoms with Gasteiger partial charge in [-0.25, -0.2) is 9.37 Å². The van der Waals surface area contributed by atoms with Crippen LogP contribution >= 0.6 is 0 Å². The van der Waals surface area contributed by atoms with E-state index >= 15 is 0 Å². The first-order valence-corrected chi connectivity index (χ1v) is 12.0. The zero-order valence-electron chi connectivity index (χ0n) is 19.2. The molecule has 0 bridgehead atoms. The molecule has 0 radical (unpaired) electrons. The van der Waals surface area contributed by atoms with E-state index in [4.69, 9.17) is 10.5 Å². The van der Waals surface area contributed by atoms with Gasteiger partial charge in [0, 0.05) is 56.6 Å². The molecule has 2 aromatic rings. The number of likely N-dealkylation sites (tertiary alicyclic amines) is 2. The SMILES string of the molecule is Nc1cc(CN2CCC(C(=O)N3CCC4(CC3)CC(N=O)c3cc(F)ccc3O4)CC2)ccn1. The summed E-state index contributed by atoms with van der Waals surface area (Å²) in [5.74, 6) is 0.904. The number of nitrogen functional groups attached to an aromatic ring is 1. The summed E-state index contributed by atoms with van der Waals surface area (Å²) >= 11 is 0. The lowest BCUT2D eigenvalue weighted by Crippen LogP contribution is -2.53. The van der Waals surface area contributed by atoms with Crippen LogP contribution in [0.5, 0.6) is 5.75 Å². The number of halogens is 1. The Labute approximate surface area is 198 Å². The topological polar surface area (TPSA) is 101 Å². The third kappa shape index (κ3) is 4.61. The Morgan fingerprint density at radius 2 is 1.94 bits per heavy atom. The summed E-state index contributed by atoms with van der Waals surface area (Å²) in [7, 11) is 0. The number of anilines is 1. The van der Waals surface area contributed by atoms with Crippen molar-refractivity contribution in [2.45, 2.75) is 50.3 Å². The smallest absolute Gasteiger partial charge is 0.225 e. The first-order chi connectivity index (χ1) is 16.4. The molecule has 1 spiro atoms. The molecule has 2 fully saturated rings. The summed E-state index contributed by atoms with van der Waals surface area (Å²) in [6.07, 6.45) is 5.12. The molecule has 2 saturated heterocycles. The Kier molecular flexibility index (Phi) is 6.20. The molecule has 4 heterocycles. The van der Waals surface area contributed by atoms with Crippen LogP contribution in [0.25, 0.3) is 0 Å². The van der Waals surface area contributed by atoms with Crippen molar-refractivity contribution < 1.29 is 13.9 Å².